The number of piperidine rings is 1. The molecule has 0 aromatic carbocycles. The molecule has 0 amide bonds. The van der Waals surface area contributed by atoms with Crippen LogP contribution in [0.2, 0.25) is 0 Å². The number of hydrogen-bond acceptors (Lipinski definition) is 6. The van der Waals surface area contributed by atoms with E-state index >= 15 is 0 Å². The van der Waals surface area contributed by atoms with Gasteiger partial charge in [-0.1, -0.05) is 19.0 Å². The monoisotopic (exact) mass is 316 g/mol. The molecular formula is C13H24N4O3S. The van der Waals surface area contributed by atoms with Gasteiger partial charge in [-0.3, -0.25) is 0 Å². The lowest BCUT2D eigenvalue weighted by Gasteiger charge is -2.36. The zero-order valence-corrected chi connectivity index (χ0v) is 13.7. The number of aryl methyl sites for hydroxylation is 1. The number of nitrogens with two attached hydrogens (primary N) is 1. The van der Waals surface area contributed by atoms with Crippen LogP contribution in [0.3, 0.4) is 0 Å². The molecule has 1 aliphatic heterocycles. The molecule has 0 aliphatic carbocycles. The van der Waals surface area contributed by atoms with Crippen LogP contribution < -0.4 is 5.73 Å². The summed E-state index contributed by atoms with van der Waals surface area (Å²) in [6.07, 6.45) is 1.69. The number of nitrogens with zero attached hydrogens (tertiary/aromatic N) is 3. The van der Waals surface area contributed by atoms with E-state index in [1.807, 2.05) is 13.8 Å². The molecule has 1 saturated heterocycles. The molecule has 7 nitrogen and oxygen atoms in total. The summed E-state index contributed by atoms with van der Waals surface area (Å²) in [6.45, 7) is 6.57. The van der Waals surface area contributed by atoms with Crippen LogP contribution in [0, 0.1) is 12.8 Å². The van der Waals surface area contributed by atoms with Crippen molar-refractivity contribution in [2.75, 3.05) is 18.8 Å². The Bertz CT molecular complexity index is 574. The van der Waals surface area contributed by atoms with Gasteiger partial charge in [0.2, 0.25) is 15.9 Å². The lowest BCUT2D eigenvalue weighted by molar-refractivity contribution is 0.222. The van der Waals surface area contributed by atoms with Gasteiger partial charge in [-0.2, -0.15) is 4.98 Å². The van der Waals surface area contributed by atoms with Gasteiger partial charge in [0.15, 0.2) is 5.82 Å². The lowest BCUT2D eigenvalue weighted by atomic mass is 9.89. The second-order valence-electron chi connectivity index (χ2n) is 6.19. The van der Waals surface area contributed by atoms with E-state index in [0.29, 0.717) is 50.0 Å². The molecule has 0 atom stereocenters. The highest BCUT2D eigenvalue weighted by molar-refractivity contribution is 7.89. The fraction of sp³-hybridized carbons (Fsp3) is 0.846. The third-order valence-electron chi connectivity index (χ3n) is 3.93. The average molecular weight is 316 g/mol. The summed E-state index contributed by atoms with van der Waals surface area (Å²) in [4.78, 5) is 4.18. The fourth-order valence-electron chi connectivity index (χ4n) is 2.40. The first-order chi connectivity index (χ1) is 9.73. The molecule has 0 radical (unpaired) electrons. The smallest absolute Gasteiger partial charge is 0.223 e. The van der Waals surface area contributed by atoms with Crippen molar-refractivity contribution in [1.29, 1.82) is 0 Å². The molecule has 1 aliphatic rings. The summed E-state index contributed by atoms with van der Waals surface area (Å²) in [6, 6.07) is 0. The molecule has 0 spiro atoms. The maximum atomic E-state index is 12.3. The Kier molecular flexibility index (Phi) is 4.69. The van der Waals surface area contributed by atoms with Crippen LogP contribution in [0.15, 0.2) is 4.52 Å². The summed E-state index contributed by atoms with van der Waals surface area (Å²) in [5.74, 6) is 1.52. The zero-order valence-electron chi connectivity index (χ0n) is 12.9. The van der Waals surface area contributed by atoms with E-state index in [-0.39, 0.29) is 5.75 Å². The molecule has 1 aromatic heterocycles. The first-order valence-electron chi connectivity index (χ1n) is 7.30. The Labute approximate surface area is 125 Å². The number of aromatic nitrogens is 2. The van der Waals surface area contributed by atoms with Gasteiger partial charge in [-0.25, -0.2) is 12.7 Å². The van der Waals surface area contributed by atoms with Crippen LogP contribution in [0.5, 0.6) is 0 Å². The van der Waals surface area contributed by atoms with Crippen molar-refractivity contribution in [2.24, 2.45) is 11.7 Å². The predicted octanol–water partition coefficient (Wildman–Crippen LogP) is 1.00. The van der Waals surface area contributed by atoms with Crippen molar-refractivity contribution in [1.82, 2.24) is 14.4 Å². The van der Waals surface area contributed by atoms with Crippen LogP contribution in [0.1, 0.15) is 44.8 Å². The quantitative estimate of drug-likeness (QED) is 0.869. The number of sulfonamides is 1. The van der Waals surface area contributed by atoms with Crippen molar-refractivity contribution < 1.29 is 12.9 Å². The molecule has 2 N–H and O–H groups in total. The minimum atomic E-state index is -3.19. The van der Waals surface area contributed by atoms with Crippen molar-refractivity contribution >= 4 is 10.0 Å². The average Bonchev–Trinajstić information content (AvgIpc) is 2.85. The van der Waals surface area contributed by atoms with Gasteiger partial charge in [-0.15, -0.1) is 0 Å². The largest absolute Gasteiger partial charge is 0.340 e. The highest BCUT2D eigenvalue weighted by Gasteiger charge is 2.39. The summed E-state index contributed by atoms with van der Waals surface area (Å²) in [7, 11) is -3.19. The highest BCUT2D eigenvalue weighted by Crippen LogP contribution is 2.29. The Morgan fingerprint density at radius 3 is 2.48 bits per heavy atom. The standard InChI is InChI=1S/C13H24N4O3S/c1-10(2)4-9-21(18,19)17-7-5-13(14,6-8-17)12-15-11(3)20-16-12/h10H,4-9,14H2,1-3H3. The van der Waals surface area contributed by atoms with E-state index in [4.69, 9.17) is 10.3 Å². The maximum Gasteiger partial charge on any atom is 0.223 e. The van der Waals surface area contributed by atoms with Crippen molar-refractivity contribution in [3.8, 4) is 0 Å². The van der Waals surface area contributed by atoms with E-state index in [1.54, 1.807) is 6.92 Å². The number of rotatable bonds is 5. The maximum absolute atomic E-state index is 12.3. The zero-order chi connectivity index (χ0) is 15.7. The van der Waals surface area contributed by atoms with E-state index in [9.17, 15) is 8.42 Å². The van der Waals surface area contributed by atoms with Crippen LogP contribution in [0.4, 0.5) is 0 Å². The van der Waals surface area contributed by atoms with E-state index in [2.05, 4.69) is 10.1 Å². The molecule has 0 bridgehead atoms. The topological polar surface area (TPSA) is 102 Å². The van der Waals surface area contributed by atoms with Crippen LogP contribution in [0.25, 0.3) is 0 Å². The van der Waals surface area contributed by atoms with Crippen molar-refractivity contribution in [2.45, 2.75) is 45.6 Å². The van der Waals surface area contributed by atoms with Crippen LogP contribution in [-0.2, 0) is 15.6 Å². The normalized spacial score (nSPS) is 20.0. The Balaban J connectivity index is 1.99. The van der Waals surface area contributed by atoms with Crippen molar-refractivity contribution in [3.05, 3.63) is 11.7 Å². The Morgan fingerprint density at radius 2 is 2.00 bits per heavy atom. The van der Waals surface area contributed by atoms with Gasteiger partial charge in [0.1, 0.15) is 0 Å². The SMILES string of the molecule is Cc1nc(C2(N)CCN(S(=O)(=O)CCC(C)C)CC2)no1. The first kappa shape index (κ1) is 16.4. The first-order valence-corrected chi connectivity index (χ1v) is 8.91. The number of hydrogen-bond donors (Lipinski definition) is 1. The summed E-state index contributed by atoms with van der Waals surface area (Å²) < 4.78 is 31.1. The van der Waals surface area contributed by atoms with E-state index in [1.165, 1.54) is 4.31 Å². The summed E-state index contributed by atoms with van der Waals surface area (Å²) >= 11 is 0. The van der Waals surface area contributed by atoms with Gasteiger partial charge >= 0.3 is 0 Å². The third-order valence-corrected chi connectivity index (χ3v) is 5.84. The van der Waals surface area contributed by atoms with Crippen LogP contribution >= 0.6 is 0 Å². The molecule has 1 fully saturated rings. The van der Waals surface area contributed by atoms with Gasteiger partial charge in [0.25, 0.3) is 0 Å². The fourth-order valence-corrected chi connectivity index (χ4v) is 4.17. The van der Waals surface area contributed by atoms with Crippen LogP contribution in [-0.4, -0.2) is 41.7 Å². The molecule has 0 unspecified atom stereocenters. The minimum absolute atomic E-state index is 0.198. The molecule has 0 saturated carbocycles. The minimum Gasteiger partial charge on any atom is -0.340 e. The molecule has 2 heterocycles. The van der Waals surface area contributed by atoms with Crippen molar-refractivity contribution in [3.63, 3.8) is 0 Å². The molecule has 2 rings (SSSR count). The van der Waals surface area contributed by atoms with Gasteiger partial charge < -0.3 is 10.3 Å². The summed E-state index contributed by atoms with van der Waals surface area (Å²) in [5, 5.41) is 3.88. The molecule has 1 aromatic rings. The summed E-state index contributed by atoms with van der Waals surface area (Å²) in [5.41, 5.74) is 5.62. The van der Waals surface area contributed by atoms with E-state index < -0.39 is 15.6 Å². The predicted molar refractivity (Wildman–Crippen MR) is 78.9 cm³/mol. The Morgan fingerprint density at radius 1 is 1.38 bits per heavy atom. The van der Waals surface area contributed by atoms with E-state index in [0.717, 1.165) is 0 Å². The lowest BCUT2D eigenvalue weighted by Crippen LogP contribution is -2.50. The molecule has 8 heteroatoms. The molecular weight excluding hydrogens is 292 g/mol. The van der Waals surface area contributed by atoms with Gasteiger partial charge in [0.05, 0.1) is 11.3 Å². The Hall–Kier alpha value is -0.990. The van der Waals surface area contributed by atoms with Gasteiger partial charge in [0, 0.05) is 20.0 Å². The second kappa shape index (κ2) is 6.02. The third kappa shape index (κ3) is 3.81. The molecule has 120 valence electrons. The second-order valence-corrected chi connectivity index (χ2v) is 8.28. The molecule has 21 heavy (non-hydrogen) atoms. The highest BCUT2D eigenvalue weighted by atomic mass is 32.2. The van der Waals surface area contributed by atoms with Gasteiger partial charge in [-0.05, 0) is 25.2 Å².